The Morgan fingerprint density at radius 1 is 1.60 bits per heavy atom. The largest absolute Gasteiger partial charge is 0.395 e. The van der Waals surface area contributed by atoms with Crippen LogP contribution in [0.2, 0.25) is 0 Å². The first-order valence-corrected chi connectivity index (χ1v) is 2.70. The second kappa shape index (κ2) is 4.82. The van der Waals surface area contributed by atoms with Crippen molar-refractivity contribution in [2.45, 2.75) is 25.3 Å². The number of halogens is 3. The zero-order valence-corrected chi connectivity index (χ0v) is 6.50. The van der Waals surface area contributed by atoms with Crippen LogP contribution >= 0.6 is 12.4 Å². The number of aliphatic hydroxyl groups is 1. The van der Waals surface area contributed by atoms with Gasteiger partial charge in [0.15, 0.2) is 0 Å². The molecule has 0 heterocycles. The normalized spacial score (nSPS) is 14.1. The molecule has 64 valence electrons. The SMILES string of the molecule is CC(F)(F)CC(N)CO.Cl. The van der Waals surface area contributed by atoms with Gasteiger partial charge in [0.1, 0.15) is 0 Å². The molecule has 0 spiro atoms. The summed E-state index contributed by atoms with van der Waals surface area (Å²) < 4.78 is 23.9. The molecule has 1 unspecified atom stereocenters. The van der Waals surface area contributed by atoms with Crippen molar-refractivity contribution in [1.29, 1.82) is 0 Å². The lowest BCUT2D eigenvalue weighted by molar-refractivity contribution is 0.000985. The van der Waals surface area contributed by atoms with Crippen LogP contribution in [-0.2, 0) is 0 Å². The number of nitrogens with two attached hydrogens (primary N) is 1. The van der Waals surface area contributed by atoms with Crippen molar-refractivity contribution in [3.63, 3.8) is 0 Å². The van der Waals surface area contributed by atoms with Gasteiger partial charge >= 0.3 is 0 Å². The number of aliphatic hydroxyl groups excluding tert-OH is 1. The van der Waals surface area contributed by atoms with Gasteiger partial charge in [0.2, 0.25) is 5.92 Å². The van der Waals surface area contributed by atoms with Crippen LogP contribution in [0.5, 0.6) is 0 Å². The van der Waals surface area contributed by atoms with Crippen molar-refractivity contribution in [3.8, 4) is 0 Å². The maximum Gasteiger partial charge on any atom is 0.247 e. The maximum atomic E-state index is 12.0. The molecule has 5 heteroatoms. The number of hydrogen-bond donors (Lipinski definition) is 2. The van der Waals surface area contributed by atoms with Gasteiger partial charge in [0, 0.05) is 12.5 Å². The summed E-state index contributed by atoms with van der Waals surface area (Å²) in [6, 6.07) is -0.801. The van der Waals surface area contributed by atoms with Gasteiger partial charge in [0.05, 0.1) is 6.61 Å². The Bertz CT molecular complexity index is 86.2. The minimum Gasteiger partial charge on any atom is -0.395 e. The number of alkyl halides is 2. The van der Waals surface area contributed by atoms with Gasteiger partial charge in [-0.25, -0.2) is 8.78 Å². The van der Waals surface area contributed by atoms with Gasteiger partial charge in [-0.1, -0.05) is 0 Å². The molecule has 0 radical (unpaired) electrons. The van der Waals surface area contributed by atoms with Crippen LogP contribution in [0.4, 0.5) is 8.78 Å². The zero-order valence-electron chi connectivity index (χ0n) is 5.68. The molecule has 0 fully saturated rings. The summed E-state index contributed by atoms with van der Waals surface area (Å²) in [5.41, 5.74) is 5.03. The zero-order chi connectivity index (χ0) is 7.49. The standard InChI is InChI=1S/C5H11F2NO.ClH/c1-5(6,7)2-4(8)3-9;/h4,9H,2-3,8H2,1H3;1H. The van der Waals surface area contributed by atoms with Crippen LogP contribution in [0, 0.1) is 0 Å². The third-order valence-corrected chi connectivity index (χ3v) is 0.855. The van der Waals surface area contributed by atoms with E-state index in [0.717, 1.165) is 6.92 Å². The Labute approximate surface area is 64.8 Å². The second-order valence-corrected chi connectivity index (χ2v) is 2.22. The van der Waals surface area contributed by atoms with Crippen LogP contribution in [0.1, 0.15) is 13.3 Å². The lowest BCUT2D eigenvalue weighted by Gasteiger charge is -2.13. The van der Waals surface area contributed by atoms with E-state index in [4.69, 9.17) is 10.8 Å². The molecule has 0 aliphatic carbocycles. The highest BCUT2D eigenvalue weighted by Gasteiger charge is 2.23. The Morgan fingerprint density at radius 3 is 2.10 bits per heavy atom. The average molecular weight is 176 g/mol. The fourth-order valence-electron chi connectivity index (χ4n) is 0.525. The first-order chi connectivity index (χ1) is 3.95. The lowest BCUT2D eigenvalue weighted by Crippen LogP contribution is -2.31. The van der Waals surface area contributed by atoms with E-state index in [-0.39, 0.29) is 19.0 Å². The predicted molar refractivity (Wildman–Crippen MR) is 37.5 cm³/mol. The summed E-state index contributed by atoms with van der Waals surface area (Å²) in [5.74, 6) is -2.76. The molecular formula is C5H12ClF2NO. The van der Waals surface area contributed by atoms with Crippen molar-refractivity contribution < 1.29 is 13.9 Å². The molecule has 0 aromatic rings. The molecule has 0 saturated heterocycles. The third-order valence-electron chi connectivity index (χ3n) is 0.855. The summed E-state index contributed by atoms with van der Waals surface area (Å²) in [7, 11) is 0. The van der Waals surface area contributed by atoms with Crippen LogP contribution in [-0.4, -0.2) is 23.7 Å². The van der Waals surface area contributed by atoms with Gasteiger partial charge < -0.3 is 10.8 Å². The summed E-state index contributed by atoms with van der Waals surface area (Å²) in [4.78, 5) is 0. The Morgan fingerprint density at radius 2 is 2.00 bits per heavy atom. The fourth-order valence-corrected chi connectivity index (χ4v) is 0.525. The molecule has 0 aliphatic heterocycles. The summed E-state index contributed by atoms with van der Waals surface area (Å²) >= 11 is 0. The summed E-state index contributed by atoms with van der Waals surface area (Å²) in [6.45, 7) is 0.395. The van der Waals surface area contributed by atoms with E-state index in [1.807, 2.05) is 0 Å². The Hall–Kier alpha value is 0.0700. The molecule has 3 N–H and O–H groups in total. The van der Waals surface area contributed by atoms with Gasteiger partial charge in [-0.2, -0.15) is 0 Å². The van der Waals surface area contributed by atoms with E-state index in [1.165, 1.54) is 0 Å². The quantitative estimate of drug-likeness (QED) is 0.666. The van der Waals surface area contributed by atoms with E-state index in [9.17, 15) is 8.78 Å². The molecule has 0 saturated carbocycles. The molecule has 10 heavy (non-hydrogen) atoms. The third kappa shape index (κ3) is 8.07. The van der Waals surface area contributed by atoms with Crippen molar-refractivity contribution in [1.82, 2.24) is 0 Å². The highest BCUT2D eigenvalue weighted by molar-refractivity contribution is 5.85. The molecule has 0 aliphatic rings. The highest BCUT2D eigenvalue weighted by Crippen LogP contribution is 2.17. The van der Waals surface area contributed by atoms with Gasteiger partial charge in [-0.3, -0.25) is 0 Å². The number of hydrogen-bond acceptors (Lipinski definition) is 2. The van der Waals surface area contributed by atoms with Crippen LogP contribution in [0.15, 0.2) is 0 Å². The molecule has 0 aromatic carbocycles. The number of rotatable bonds is 3. The van der Waals surface area contributed by atoms with Crippen molar-refractivity contribution in [2.75, 3.05) is 6.61 Å². The monoisotopic (exact) mass is 175 g/mol. The summed E-state index contributed by atoms with van der Waals surface area (Å²) in [6.07, 6.45) is -0.455. The van der Waals surface area contributed by atoms with E-state index in [0.29, 0.717) is 0 Å². The first-order valence-electron chi connectivity index (χ1n) is 2.70. The van der Waals surface area contributed by atoms with Crippen LogP contribution in [0.25, 0.3) is 0 Å². The van der Waals surface area contributed by atoms with Crippen LogP contribution in [0.3, 0.4) is 0 Å². The smallest absolute Gasteiger partial charge is 0.247 e. The van der Waals surface area contributed by atoms with Crippen molar-refractivity contribution in [3.05, 3.63) is 0 Å². The molecule has 2 nitrogen and oxygen atoms in total. The predicted octanol–water partition coefficient (Wildman–Crippen LogP) is 0.773. The van der Waals surface area contributed by atoms with E-state index in [1.54, 1.807) is 0 Å². The van der Waals surface area contributed by atoms with E-state index >= 15 is 0 Å². The summed E-state index contributed by atoms with van der Waals surface area (Å²) in [5, 5.41) is 8.24. The lowest BCUT2D eigenvalue weighted by atomic mass is 10.1. The fraction of sp³-hybridized carbons (Fsp3) is 1.00. The Balaban J connectivity index is 0. The van der Waals surface area contributed by atoms with Crippen molar-refractivity contribution in [2.24, 2.45) is 5.73 Å². The molecular weight excluding hydrogens is 164 g/mol. The van der Waals surface area contributed by atoms with Gasteiger partial charge in [-0.05, 0) is 6.92 Å². The van der Waals surface area contributed by atoms with Crippen molar-refractivity contribution >= 4 is 12.4 Å². The van der Waals surface area contributed by atoms with E-state index in [2.05, 4.69) is 0 Å². The minimum atomic E-state index is -2.76. The first kappa shape index (κ1) is 12.7. The molecule has 1 atom stereocenters. The van der Waals surface area contributed by atoms with Crippen LogP contribution < -0.4 is 5.73 Å². The Kier molecular flexibility index (Phi) is 6.13. The molecule has 0 rings (SSSR count). The topological polar surface area (TPSA) is 46.2 Å². The average Bonchev–Trinajstić information content (AvgIpc) is 1.62. The van der Waals surface area contributed by atoms with Gasteiger partial charge in [0.25, 0.3) is 0 Å². The maximum absolute atomic E-state index is 12.0. The second-order valence-electron chi connectivity index (χ2n) is 2.22. The van der Waals surface area contributed by atoms with E-state index < -0.39 is 18.4 Å². The minimum absolute atomic E-state index is 0. The molecule has 0 amide bonds. The molecule has 0 aromatic heterocycles. The van der Waals surface area contributed by atoms with Gasteiger partial charge in [-0.15, -0.1) is 12.4 Å². The highest BCUT2D eigenvalue weighted by atomic mass is 35.5. The molecule has 0 bridgehead atoms.